The Morgan fingerprint density at radius 3 is 2.01 bits per heavy atom. The predicted molar refractivity (Wildman–Crippen MR) is 271 cm³/mol. The van der Waals surface area contributed by atoms with Crippen LogP contribution in [0.3, 0.4) is 0 Å². The van der Waals surface area contributed by atoms with Gasteiger partial charge in [0, 0.05) is 122 Å². The molecular formula is C53H76N12O6. The summed E-state index contributed by atoms with van der Waals surface area (Å²) in [5.41, 5.74) is 3.84. The zero-order chi connectivity index (χ0) is 49.6. The zero-order valence-corrected chi connectivity index (χ0v) is 42.5. The van der Waals surface area contributed by atoms with E-state index in [1.165, 1.54) is 17.0 Å². The maximum Gasteiger partial charge on any atom is 0.343 e. The van der Waals surface area contributed by atoms with Crippen LogP contribution in [-0.2, 0) is 31.0 Å². The van der Waals surface area contributed by atoms with Crippen LogP contribution in [0.4, 0.5) is 23.1 Å². The second-order valence-electron chi connectivity index (χ2n) is 21.0. The molecule has 2 N–H and O–H groups in total. The van der Waals surface area contributed by atoms with E-state index in [0.29, 0.717) is 53.7 Å². The zero-order valence-electron chi connectivity index (χ0n) is 42.5. The fourth-order valence-electron chi connectivity index (χ4n) is 12.2. The molecule has 6 aliphatic rings. The molecule has 4 saturated heterocycles. The Bertz CT molecular complexity index is 2340. The summed E-state index contributed by atoms with van der Waals surface area (Å²) >= 11 is 0. The standard InChI is InChI=1S/C53H76N12O6/c1-5-71-52(70)47-36(2)55-53(57-42-34-54-59(3)35-42)58-48(47)56-41-12-16-44(17-13-41)63-30-32-65(33-31-63)50(68)40-8-6-39(7-9-40)49(67)64-24-21-37(22-25-64)20-23-61-26-28-62(29-27-61)43-14-10-38(11-15-43)45-18-19-46(66)60(4)51(45)69/h10-11,14-15,34-35,37,39-41,44-45H,5-9,12-13,16-33H2,1-4H3,(H2,55,56,57,58). The lowest BCUT2D eigenvalue weighted by Crippen LogP contribution is -2.54. The topological polar surface area (TPSA) is 182 Å². The van der Waals surface area contributed by atoms with E-state index in [4.69, 9.17) is 9.72 Å². The van der Waals surface area contributed by atoms with Crippen molar-refractivity contribution >= 4 is 52.7 Å². The van der Waals surface area contributed by atoms with Crippen LogP contribution in [-0.4, -0.2) is 172 Å². The first-order valence-electron chi connectivity index (χ1n) is 26.7. The number of nitrogens with zero attached hydrogens (tertiary/aromatic N) is 10. The molecule has 6 heterocycles. The number of esters is 1. The van der Waals surface area contributed by atoms with Gasteiger partial charge >= 0.3 is 5.97 Å². The number of aryl methyl sites for hydroxylation is 2. The summed E-state index contributed by atoms with van der Waals surface area (Å²) in [6, 6.07) is 8.98. The highest BCUT2D eigenvalue weighted by Crippen LogP contribution is 2.35. The third kappa shape index (κ3) is 12.0. The molecule has 9 rings (SSSR count). The monoisotopic (exact) mass is 977 g/mol. The summed E-state index contributed by atoms with van der Waals surface area (Å²) in [7, 11) is 3.43. The van der Waals surface area contributed by atoms with Gasteiger partial charge in [0.2, 0.25) is 29.6 Å². The van der Waals surface area contributed by atoms with Gasteiger partial charge in [-0.25, -0.2) is 9.78 Å². The summed E-state index contributed by atoms with van der Waals surface area (Å²) < 4.78 is 7.09. The van der Waals surface area contributed by atoms with E-state index < -0.39 is 5.97 Å². The largest absolute Gasteiger partial charge is 0.462 e. The molecule has 3 aromatic rings. The van der Waals surface area contributed by atoms with E-state index in [1.807, 2.05) is 13.2 Å². The molecule has 6 fully saturated rings. The molecule has 0 bridgehead atoms. The number of rotatable bonds is 14. The maximum atomic E-state index is 13.8. The molecule has 4 aliphatic heterocycles. The number of nitrogens with one attached hydrogen (secondary N) is 2. The molecule has 2 saturated carbocycles. The van der Waals surface area contributed by atoms with E-state index in [1.54, 1.807) is 31.8 Å². The van der Waals surface area contributed by atoms with Crippen LogP contribution in [0.25, 0.3) is 0 Å². The normalized spacial score (nSPS) is 25.3. The SMILES string of the molecule is CCOC(=O)c1c(C)nc(Nc2cnn(C)c2)nc1NC1CCC(N2CCN(C(=O)C3CCC(C(=O)N4CCC(CCN5CCN(c6ccc(C7CCC(=O)N(C)C7=O)cc6)CC5)CC4)CC3)CC2)CC1. The Morgan fingerprint density at radius 1 is 0.746 bits per heavy atom. The third-order valence-corrected chi connectivity index (χ3v) is 16.6. The van der Waals surface area contributed by atoms with Crippen molar-refractivity contribution < 1.29 is 28.7 Å². The van der Waals surface area contributed by atoms with Crippen LogP contribution in [0.2, 0.25) is 0 Å². The van der Waals surface area contributed by atoms with Crippen molar-refractivity contribution in [2.24, 2.45) is 24.8 Å². The Kier molecular flexibility index (Phi) is 16.2. The lowest BCUT2D eigenvalue weighted by Gasteiger charge is -2.43. The van der Waals surface area contributed by atoms with E-state index in [0.717, 1.165) is 147 Å². The Morgan fingerprint density at radius 2 is 1.39 bits per heavy atom. The summed E-state index contributed by atoms with van der Waals surface area (Å²) in [6.45, 7) is 13.9. The molecule has 2 aromatic heterocycles. The molecular weight excluding hydrogens is 901 g/mol. The summed E-state index contributed by atoms with van der Waals surface area (Å²) in [5.74, 6) is 1.27. The number of amides is 4. The van der Waals surface area contributed by atoms with E-state index in [-0.39, 0.29) is 48.1 Å². The molecule has 1 unspecified atom stereocenters. The van der Waals surface area contributed by atoms with Crippen LogP contribution < -0.4 is 15.5 Å². The van der Waals surface area contributed by atoms with E-state index >= 15 is 0 Å². The van der Waals surface area contributed by atoms with Gasteiger partial charge in [-0.2, -0.15) is 10.1 Å². The van der Waals surface area contributed by atoms with Crippen molar-refractivity contribution in [3.05, 3.63) is 53.5 Å². The second-order valence-corrected chi connectivity index (χ2v) is 21.0. The Balaban J connectivity index is 0.647. The number of piperidine rings is 2. The number of imide groups is 1. The number of carbonyl (C=O) groups excluding carboxylic acids is 5. The minimum absolute atomic E-state index is 0.0139. The number of benzene rings is 1. The fourth-order valence-corrected chi connectivity index (χ4v) is 12.2. The van der Waals surface area contributed by atoms with Crippen molar-refractivity contribution in [2.45, 2.75) is 115 Å². The summed E-state index contributed by atoms with van der Waals surface area (Å²) in [5, 5.41) is 11.0. The molecule has 384 valence electrons. The van der Waals surface area contributed by atoms with Gasteiger partial charge < -0.3 is 30.1 Å². The summed E-state index contributed by atoms with van der Waals surface area (Å²) in [4.78, 5) is 87.5. The van der Waals surface area contributed by atoms with Gasteiger partial charge in [-0.1, -0.05) is 12.1 Å². The van der Waals surface area contributed by atoms with Gasteiger partial charge in [-0.15, -0.1) is 0 Å². The number of ether oxygens (including phenoxy) is 1. The van der Waals surface area contributed by atoms with Crippen molar-refractivity contribution in [1.82, 2.24) is 44.2 Å². The first-order valence-corrected chi connectivity index (χ1v) is 26.7. The van der Waals surface area contributed by atoms with Crippen LogP contribution in [0.1, 0.15) is 118 Å². The van der Waals surface area contributed by atoms with Crippen LogP contribution in [0.5, 0.6) is 0 Å². The average Bonchev–Trinajstić information content (AvgIpc) is 3.81. The highest BCUT2D eigenvalue weighted by atomic mass is 16.5. The lowest BCUT2D eigenvalue weighted by molar-refractivity contribution is -0.147. The molecule has 1 aromatic carbocycles. The van der Waals surface area contributed by atoms with Gasteiger partial charge in [-0.05, 0) is 121 Å². The molecule has 2 aliphatic carbocycles. The molecule has 18 heteroatoms. The number of likely N-dealkylation sites (N-methyl/N-ethyl adjacent to an activating group) is 1. The van der Waals surface area contributed by atoms with Gasteiger partial charge in [0.25, 0.3) is 0 Å². The lowest BCUT2D eigenvalue weighted by atomic mass is 9.80. The van der Waals surface area contributed by atoms with Gasteiger partial charge in [-0.3, -0.25) is 38.6 Å². The second kappa shape index (κ2) is 22.9. The van der Waals surface area contributed by atoms with E-state index in [2.05, 4.69) is 69.5 Å². The highest BCUT2D eigenvalue weighted by Gasteiger charge is 2.38. The highest BCUT2D eigenvalue weighted by molar-refractivity contribution is 6.00. The quantitative estimate of drug-likeness (QED) is 0.154. The first kappa shape index (κ1) is 50.3. The molecule has 4 amide bonds. The number of likely N-dealkylation sites (tertiary alicyclic amines) is 2. The first-order chi connectivity index (χ1) is 34.4. The van der Waals surface area contributed by atoms with Crippen molar-refractivity contribution in [2.75, 3.05) is 101 Å². The van der Waals surface area contributed by atoms with Crippen molar-refractivity contribution in [3.63, 3.8) is 0 Å². The number of anilines is 4. The molecule has 0 radical (unpaired) electrons. The summed E-state index contributed by atoms with van der Waals surface area (Å²) in [6.07, 6.45) is 15.0. The average molecular weight is 977 g/mol. The van der Waals surface area contributed by atoms with Crippen LogP contribution in [0.15, 0.2) is 36.7 Å². The van der Waals surface area contributed by atoms with E-state index in [9.17, 15) is 24.0 Å². The molecule has 1 atom stereocenters. The van der Waals surface area contributed by atoms with Crippen molar-refractivity contribution in [3.8, 4) is 0 Å². The van der Waals surface area contributed by atoms with Gasteiger partial charge in [0.15, 0.2) is 0 Å². The maximum absolute atomic E-state index is 13.8. The third-order valence-electron chi connectivity index (χ3n) is 16.6. The van der Waals surface area contributed by atoms with Crippen LogP contribution >= 0.6 is 0 Å². The molecule has 18 nitrogen and oxygen atoms in total. The smallest absolute Gasteiger partial charge is 0.343 e. The number of carbonyl (C=O) groups is 5. The minimum Gasteiger partial charge on any atom is -0.462 e. The Labute approximate surface area is 419 Å². The molecule has 0 spiro atoms. The van der Waals surface area contributed by atoms with Crippen molar-refractivity contribution in [1.29, 1.82) is 0 Å². The minimum atomic E-state index is -0.434. The number of piperazine rings is 2. The number of hydrogen-bond acceptors (Lipinski definition) is 14. The fraction of sp³-hybridized carbons (Fsp3) is 0.660. The van der Waals surface area contributed by atoms with Crippen LogP contribution in [0, 0.1) is 24.7 Å². The van der Waals surface area contributed by atoms with Gasteiger partial charge in [0.1, 0.15) is 11.4 Å². The Hall–Kier alpha value is -5.62. The van der Waals surface area contributed by atoms with Gasteiger partial charge in [0.05, 0.1) is 30.1 Å². The predicted octanol–water partition coefficient (Wildman–Crippen LogP) is 5.43. The number of aromatic nitrogens is 4. The number of hydrogen-bond donors (Lipinski definition) is 2. The molecule has 71 heavy (non-hydrogen) atoms.